The number of hydrogen-bond donors (Lipinski definition) is 2. The number of rotatable bonds is 6. The van der Waals surface area contributed by atoms with E-state index < -0.39 is 4.92 Å². The van der Waals surface area contributed by atoms with Crippen LogP contribution in [0.1, 0.15) is 17.4 Å². The zero-order chi connectivity index (χ0) is 16.1. The summed E-state index contributed by atoms with van der Waals surface area (Å²) in [5.41, 5.74) is 6.41. The number of amides is 1. The maximum atomic E-state index is 11.9. The third-order valence-electron chi connectivity index (χ3n) is 3.16. The lowest BCUT2D eigenvalue weighted by molar-refractivity contribution is -0.384. The fourth-order valence-electron chi connectivity index (χ4n) is 1.76. The lowest BCUT2D eigenvalue weighted by Gasteiger charge is -2.08. The van der Waals surface area contributed by atoms with E-state index in [2.05, 4.69) is 10.4 Å². The van der Waals surface area contributed by atoms with E-state index in [4.69, 9.17) is 5.73 Å². The highest BCUT2D eigenvalue weighted by molar-refractivity contribution is 5.92. The van der Waals surface area contributed by atoms with E-state index in [1.54, 1.807) is 24.4 Å². The van der Waals surface area contributed by atoms with E-state index >= 15 is 0 Å². The van der Waals surface area contributed by atoms with E-state index in [0.29, 0.717) is 18.8 Å². The molecule has 9 heteroatoms. The first-order valence-electron chi connectivity index (χ1n) is 6.80. The first-order chi connectivity index (χ1) is 10.5. The molecule has 1 amide bonds. The fraction of sp³-hybridized carbons (Fsp3) is 0.286. The van der Waals surface area contributed by atoms with Crippen molar-refractivity contribution in [3.63, 3.8) is 0 Å². The number of nitro benzene ring substituents is 1. The molecular weight excluding hydrogens is 322 g/mol. The summed E-state index contributed by atoms with van der Waals surface area (Å²) in [6.45, 7) is 2.92. The van der Waals surface area contributed by atoms with Crippen molar-refractivity contribution in [2.24, 2.45) is 11.7 Å². The molecule has 0 saturated heterocycles. The highest BCUT2D eigenvalue weighted by Crippen LogP contribution is 2.14. The molecule has 8 nitrogen and oxygen atoms in total. The minimum absolute atomic E-state index is 0. The normalized spacial score (nSPS) is 11.4. The van der Waals surface area contributed by atoms with Crippen molar-refractivity contribution in [2.45, 2.75) is 6.92 Å². The van der Waals surface area contributed by atoms with Gasteiger partial charge in [0.15, 0.2) is 5.69 Å². The Kier molecular flexibility index (Phi) is 6.67. The van der Waals surface area contributed by atoms with Gasteiger partial charge in [-0.25, -0.2) is 4.68 Å². The summed E-state index contributed by atoms with van der Waals surface area (Å²) in [6.07, 6.45) is 1.63. The van der Waals surface area contributed by atoms with Crippen LogP contribution < -0.4 is 11.1 Å². The Morgan fingerprint density at radius 3 is 2.61 bits per heavy atom. The van der Waals surface area contributed by atoms with Crippen LogP contribution in [0.5, 0.6) is 0 Å². The number of aromatic nitrogens is 2. The Hall–Kier alpha value is -2.45. The topological polar surface area (TPSA) is 116 Å². The molecule has 1 aromatic carbocycles. The van der Waals surface area contributed by atoms with Gasteiger partial charge in [-0.3, -0.25) is 14.9 Å². The first-order valence-corrected chi connectivity index (χ1v) is 6.80. The summed E-state index contributed by atoms with van der Waals surface area (Å²) in [4.78, 5) is 22.1. The second kappa shape index (κ2) is 8.25. The van der Waals surface area contributed by atoms with E-state index in [1.807, 2.05) is 6.92 Å². The molecule has 1 heterocycles. The van der Waals surface area contributed by atoms with Crippen molar-refractivity contribution in [3.05, 3.63) is 52.3 Å². The summed E-state index contributed by atoms with van der Waals surface area (Å²) >= 11 is 0. The Bertz CT molecular complexity index is 671. The van der Waals surface area contributed by atoms with Crippen LogP contribution in [0.2, 0.25) is 0 Å². The maximum absolute atomic E-state index is 11.9. The molecular formula is C14H18ClN5O3. The Morgan fingerprint density at radius 1 is 1.39 bits per heavy atom. The monoisotopic (exact) mass is 339 g/mol. The predicted octanol–water partition coefficient (Wildman–Crippen LogP) is 1.53. The molecule has 0 aliphatic carbocycles. The lowest BCUT2D eigenvalue weighted by atomic mass is 10.2. The third kappa shape index (κ3) is 4.76. The largest absolute Gasteiger partial charge is 0.350 e. The van der Waals surface area contributed by atoms with Gasteiger partial charge in [-0.05, 0) is 30.7 Å². The SMILES string of the molecule is CC(CN)CNC(=O)c1ccn(-c2ccc([N+](=O)[O-])cc2)n1.Cl. The summed E-state index contributed by atoms with van der Waals surface area (Å²) in [7, 11) is 0. The Labute approximate surface area is 139 Å². The zero-order valence-corrected chi connectivity index (χ0v) is 13.3. The van der Waals surface area contributed by atoms with Crippen LogP contribution in [0.25, 0.3) is 5.69 Å². The standard InChI is InChI=1S/C14H17N5O3.ClH/c1-10(8-15)9-16-14(20)13-6-7-18(17-13)11-2-4-12(5-3-11)19(21)22;/h2-7,10H,8-9,15H2,1H3,(H,16,20);1H. The maximum Gasteiger partial charge on any atom is 0.271 e. The average molecular weight is 340 g/mol. The molecule has 1 aromatic heterocycles. The number of nitrogens with one attached hydrogen (secondary N) is 1. The smallest absolute Gasteiger partial charge is 0.271 e. The van der Waals surface area contributed by atoms with Gasteiger partial charge in [0.2, 0.25) is 0 Å². The molecule has 2 aromatic rings. The van der Waals surface area contributed by atoms with Crippen LogP contribution in [0.15, 0.2) is 36.5 Å². The van der Waals surface area contributed by atoms with E-state index in [-0.39, 0.29) is 35.6 Å². The van der Waals surface area contributed by atoms with Crippen molar-refractivity contribution < 1.29 is 9.72 Å². The van der Waals surface area contributed by atoms with E-state index in [9.17, 15) is 14.9 Å². The fourth-order valence-corrected chi connectivity index (χ4v) is 1.76. The molecule has 0 bridgehead atoms. The van der Waals surface area contributed by atoms with Crippen molar-refractivity contribution >= 4 is 24.0 Å². The molecule has 1 unspecified atom stereocenters. The Morgan fingerprint density at radius 2 is 2.04 bits per heavy atom. The minimum atomic E-state index is -0.468. The van der Waals surface area contributed by atoms with Gasteiger partial charge in [0.25, 0.3) is 11.6 Å². The van der Waals surface area contributed by atoms with Crippen molar-refractivity contribution in [1.29, 1.82) is 0 Å². The van der Waals surface area contributed by atoms with Crippen LogP contribution in [0.4, 0.5) is 5.69 Å². The quantitative estimate of drug-likeness (QED) is 0.611. The van der Waals surface area contributed by atoms with Gasteiger partial charge in [0, 0.05) is 24.9 Å². The number of nitrogens with zero attached hydrogens (tertiary/aromatic N) is 3. The molecule has 1 atom stereocenters. The molecule has 3 N–H and O–H groups in total. The molecule has 0 radical (unpaired) electrons. The number of carbonyl (C=O) groups excluding carboxylic acids is 1. The van der Waals surface area contributed by atoms with E-state index in [1.165, 1.54) is 16.8 Å². The number of nitro groups is 1. The Balaban J connectivity index is 0.00000264. The van der Waals surface area contributed by atoms with Gasteiger partial charge in [0.05, 0.1) is 10.6 Å². The summed E-state index contributed by atoms with van der Waals surface area (Å²) in [5, 5.41) is 17.5. The minimum Gasteiger partial charge on any atom is -0.350 e. The predicted molar refractivity (Wildman–Crippen MR) is 88.0 cm³/mol. The third-order valence-corrected chi connectivity index (χ3v) is 3.16. The van der Waals surface area contributed by atoms with E-state index in [0.717, 1.165) is 0 Å². The molecule has 0 aliphatic rings. The highest BCUT2D eigenvalue weighted by Gasteiger charge is 2.12. The molecule has 0 saturated carbocycles. The number of halogens is 1. The molecule has 124 valence electrons. The van der Waals surface area contributed by atoms with Crippen molar-refractivity contribution in [1.82, 2.24) is 15.1 Å². The molecule has 0 fully saturated rings. The molecule has 2 rings (SSSR count). The van der Waals surface area contributed by atoms with Crippen LogP contribution >= 0.6 is 12.4 Å². The number of carbonyl (C=O) groups is 1. The van der Waals surface area contributed by atoms with Gasteiger partial charge < -0.3 is 11.1 Å². The number of hydrogen-bond acceptors (Lipinski definition) is 5. The first kappa shape index (κ1) is 18.6. The molecule has 23 heavy (non-hydrogen) atoms. The number of non-ortho nitro benzene ring substituents is 1. The highest BCUT2D eigenvalue weighted by atomic mass is 35.5. The molecule has 0 aliphatic heterocycles. The van der Waals surface area contributed by atoms with Gasteiger partial charge in [0.1, 0.15) is 0 Å². The molecule has 0 spiro atoms. The van der Waals surface area contributed by atoms with Crippen LogP contribution in [-0.2, 0) is 0 Å². The average Bonchev–Trinajstić information content (AvgIpc) is 3.02. The van der Waals surface area contributed by atoms with Crippen molar-refractivity contribution in [3.8, 4) is 5.69 Å². The van der Waals surface area contributed by atoms with Crippen LogP contribution in [0, 0.1) is 16.0 Å². The summed E-state index contributed by atoms with van der Waals surface area (Å²) < 4.78 is 1.49. The van der Waals surface area contributed by atoms with Crippen LogP contribution in [-0.4, -0.2) is 33.7 Å². The van der Waals surface area contributed by atoms with Gasteiger partial charge in [-0.1, -0.05) is 6.92 Å². The van der Waals surface area contributed by atoms with Gasteiger partial charge >= 0.3 is 0 Å². The number of nitrogens with two attached hydrogens (primary N) is 1. The van der Waals surface area contributed by atoms with Gasteiger partial charge in [-0.2, -0.15) is 5.10 Å². The lowest BCUT2D eigenvalue weighted by Crippen LogP contribution is -2.31. The van der Waals surface area contributed by atoms with Gasteiger partial charge in [-0.15, -0.1) is 12.4 Å². The summed E-state index contributed by atoms with van der Waals surface area (Å²) in [5.74, 6) is -0.0818. The van der Waals surface area contributed by atoms with Crippen LogP contribution in [0.3, 0.4) is 0 Å². The summed E-state index contributed by atoms with van der Waals surface area (Å²) in [6, 6.07) is 7.51. The van der Waals surface area contributed by atoms with Crippen molar-refractivity contribution in [2.75, 3.05) is 13.1 Å². The second-order valence-electron chi connectivity index (χ2n) is 4.97. The second-order valence-corrected chi connectivity index (χ2v) is 4.97. The number of benzene rings is 1. The zero-order valence-electron chi connectivity index (χ0n) is 12.5.